The Balaban J connectivity index is 1.86. The van der Waals surface area contributed by atoms with Crippen LogP contribution in [0.1, 0.15) is 17.2 Å². The highest BCUT2D eigenvalue weighted by molar-refractivity contribution is 5.70. The summed E-state index contributed by atoms with van der Waals surface area (Å²) in [4.78, 5) is 10.5. The summed E-state index contributed by atoms with van der Waals surface area (Å²) in [6, 6.07) is 7.50. The van der Waals surface area contributed by atoms with Gasteiger partial charge in [0.05, 0.1) is 12.7 Å². The molecule has 1 unspecified atom stereocenters. The van der Waals surface area contributed by atoms with Gasteiger partial charge in [0, 0.05) is 19.6 Å². The molecule has 1 atom stereocenters. The van der Waals surface area contributed by atoms with Crippen LogP contribution in [0, 0.1) is 0 Å². The summed E-state index contributed by atoms with van der Waals surface area (Å²) in [5, 5.41) is 3.30. The Labute approximate surface area is 106 Å². The van der Waals surface area contributed by atoms with E-state index < -0.39 is 6.03 Å². The quantitative estimate of drug-likeness (QED) is 0.567. The molecular formula is C12H18N4O2. The molecular weight excluding hydrogens is 232 g/mol. The predicted octanol–water partition coefficient (Wildman–Crippen LogP) is 0.0204. The molecule has 1 heterocycles. The van der Waals surface area contributed by atoms with Crippen LogP contribution in [0.15, 0.2) is 24.3 Å². The van der Waals surface area contributed by atoms with Gasteiger partial charge in [-0.05, 0) is 11.1 Å². The molecule has 0 aromatic heterocycles. The molecule has 1 aromatic rings. The number of amides is 2. The van der Waals surface area contributed by atoms with Crippen molar-refractivity contribution in [2.24, 2.45) is 5.73 Å². The molecule has 5 N–H and O–H groups in total. The molecule has 1 aliphatic heterocycles. The molecule has 2 rings (SSSR count). The number of hydrazine groups is 1. The minimum Gasteiger partial charge on any atom is -0.371 e. The zero-order valence-corrected chi connectivity index (χ0v) is 10.1. The van der Waals surface area contributed by atoms with Gasteiger partial charge in [-0.25, -0.2) is 10.2 Å². The van der Waals surface area contributed by atoms with Crippen molar-refractivity contribution in [3.63, 3.8) is 0 Å². The first kappa shape index (κ1) is 12.8. The summed E-state index contributed by atoms with van der Waals surface area (Å²) in [5.41, 5.74) is 12.2. The Hall–Kier alpha value is -1.63. The molecule has 0 bridgehead atoms. The monoisotopic (exact) mass is 250 g/mol. The standard InChI is InChI=1S/C12H18N4O2/c13-12(17)16-15-7-9-1-3-10(4-2-9)11-8-14-5-6-18-11/h1-4,11,14-15H,5-8H2,(H3,13,16,17). The SMILES string of the molecule is NC(=O)NNCc1ccc(C2CNCCO2)cc1. The number of hydrogen-bond donors (Lipinski definition) is 4. The zero-order chi connectivity index (χ0) is 12.8. The first-order valence-electron chi connectivity index (χ1n) is 5.95. The minimum absolute atomic E-state index is 0.129. The third-order valence-corrected chi connectivity index (χ3v) is 2.78. The summed E-state index contributed by atoms with van der Waals surface area (Å²) in [6.45, 7) is 3.04. The van der Waals surface area contributed by atoms with Crippen LogP contribution in [0.5, 0.6) is 0 Å². The molecule has 1 aromatic carbocycles. The van der Waals surface area contributed by atoms with Crippen molar-refractivity contribution in [2.45, 2.75) is 12.6 Å². The van der Waals surface area contributed by atoms with Gasteiger partial charge in [-0.1, -0.05) is 24.3 Å². The average Bonchev–Trinajstić information content (AvgIpc) is 2.40. The van der Waals surface area contributed by atoms with E-state index in [0.717, 1.165) is 30.8 Å². The van der Waals surface area contributed by atoms with Gasteiger partial charge in [0.25, 0.3) is 0 Å². The van der Waals surface area contributed by atoms with Crippen molar-refractivity contribution in [1.29, 1.82) is 0 Å². The molecule has 0 saturated carbocycles. The number of nitrogens with two attached hydrogens (primary N) is 1. The van der Waals surface area contributed by atoms with E-state index in [0.29, 0.717) is 6.54 Å². The number of hydrogen-bond acceptors (Lipinski definition) is 4. The second-order valence-electron chi connectivity index (χ2n) is 4.15. The number of urea groups is 1. The van der Waals surface area contributed by atoms with Gasteiger partial charge in [0.2, 0.25) is 0 Å². The fourth-order valence-electron chi connectivity index (χ4n) is 1.86. The largest absolute Gasteiger partial charge is 0.371 e. The van der Waals surface area contributed by atoms with Gasteiger partial charge in [-0.2, -0.15) is 0 Å². The Kier molecular flexibility index (Phi) is 4.52. The average molecular weight is 250 g/mol. The number of ether oxygens (including phenoxy) is 1. The van der Waals surface area contributed by atoms with Crippen LogP contribution in [0.4, 0.5) is 4.79 Å². The van der Waals surface area contributed by atoms with Crippen LogP contribution >= 0.6 is 0 Å². The predicted molar refractivity (Wildman–Crippen MR) is 67.6 cm³/mol. The molecule has 1 aliphatic rings. The van der Waals surface area contributed by atoms with E-state index in [4.69, 9.17) is 10.5 Å². The van der Waals surface area contributed by atoms with Crippen molar-refractivity contribution >= 4 is 6.03 Å². The molecule has 6 nitrogen and oxygen atoms in total. The van der Waals surface area contributed by atoms with Gasteiger partial charge < -0.3 is 15.8 Å². The van der Waals surface area contributed by atoms with Gasteiger partial charge in [0.15, 0.2) is 0 Å². The van der Waals surface area contributed by atoms with Crippen molar-refractivity contribution in [2.75, 3.05) is 19.7 Å². The van der Waals surface area contributed by atoms with Crippen LogP contribution in [0.2, 0.25) is 0 Å². The van der Waals surface area contributed by atoms with Crippen LogP contribution < -0.4 is 21.9 Å². The second kappa shape index (κ2) is 6.34. The van der Waals surface area contributed by atoms with Gasteiger partial charge in [-0.3, -0.25) is 5.43 Å². The summed E-state index contributed by atoms with van der Waals surface area (Å²) in [7, 11) is 0. The van der Waals surface area contributed by atoms with Crippen LogP contribution in [-0.4, -0.2) is 25.7 Å². The maximum atomic E-state index is 10.5. The maximum Gasteiger partial charge on any atom is 0.326 e. The minimum atomic E-state index is -0.590. The number of benzene rings is 1. The van der Waals surface area contributed by atoms with Crippen LogP contribution in [-0.2, 0) is 11.3 Å². The number of rotatable bonds is 4. The molecule has 18 heavy (non-hydrogen) atoms. The number of morpholine rings is 1. The van der Waals surface area contributed by atoms with Crippen LogP contribution in [0.25, 0.3) is 0 Å². The first-order valence-corrected chi connectivity index (χ1v) is 5.95. The van der Waals surface area contributed by atoms with Gasteiger partial charge in [0.1, 0.15) is 0 Å². The Morgan fingerprint density at radius 3 is 2.83 bits per heavy atom. The lowest BCUT2D eigenvalue weighted by molar-refractivity contribution is 0.0277. The Morgan fingerprint density at radius 2 is 2.22 bits per heavy atom. The highest BCUT2D eigenvalue weighted by Gasteiger charge is 2.14. The number of primary amides is 1. The Morgan fingerprint density at radius 1 is 1.44 bits per heavy atom. The lowest BCUT2D eigenvalue weighted by Crippen LogP contribution is -2.40. The van der Waals surface area contributed by atoms with Crippen molar-refractivity contribution in [3.8, 4) is 0 Å². The van der Waals surface area contributed by atoms with E-state index in [2.05, 4.69) is 16.2 Å². The van der Waals surface area contributed by atoms with E-state index in [1.165, 1.54) is 0 Å². The fourth-order valence-corrected chi connectivity index (χ4v) is 1.86. The van der Waals surface area contributed by atoms with Crippen molar-refractivity contribution in [1.82, 2.24) is 16.2 Å². The molecule has 0 radical (unpaired) electrons. The number of carbonyl (C=O) groups is 1. The van der Waals surface area contributed by atoms with E-state index in [-0.39, 0.29) is 6.10 Å². The van der Waals surface area contributed by atoms with Gasteiger partial charge >= 0.3 is 6.03 Å². The Bertz CT molecular complexity index is 388. The molecule has 1 saturated heterocycles. The van der Waals surface area contributed by atoms with E-state index >= 15 is 0 Å². The molecule has 0 spiro atoms. The smallest absolute Gasteiger partial charge is 0.326 e. The summed E-state index contributed by atoms with van der Waals surface area (Å²) < 4.78 is 5.66. The van der Waals surface area contributed by atoms with E-state index in [1.54, 1.807) is 0 Å². The molecule has 6 heteroatoms. The summed E-state index contributed by atoms with van der Waals surface area (Å²) in [6.07, 6.45) is 0.129. The highest BCUT2D eigenvalue weighted by Crippen LogP contribution is 2.18. The number of carbonyl (C=O) groups excluding carboxylic acids is 1. The maximum absolute atomic E-state index is 10.5. The fraction of sp³-hybridized carbons (Fsp3) is 0.417. The van der Waals surface area contributed by atoms with E-state index in [1.807, 2.05) is 24.3 Å². The van der Waals surface area contributed by atoms with Crippen molar-refractivity contribution < 1.29 is 9.53 Å². The highest BCUT2D eigenvalue weighted by atomic mass is 16.5. The topological polar surface area (TPSA) is 88.4 Å². The third kappa shape index (κ3) is 3.69. The normalized spacial score (nSPS) is 19.4. The van der Waals surface area contributed by atoms with Gasteiger partial charge in [-0.15, -0.1) is 0 Å². The van der Waals surface area contributed by atoms with Crippen molar-refractivity contribution in [3.05, 3.63) is 35.4 Å². The summed E-state index contributed by atoms with van der Waals surface area (Å²) >= 11 is 0. The number of nitrogens with one attached hydrogen (secondary N) is 3. The third-order valence-electron chi connectivity index (χ3n) is 2.78. The molecule has 98 valence electrons. The van der Waals surface area contributed by atoms with E-state index in [9.17, 15) is 4.79 Å². The van der Waals surface area contributed by atoms with Crippen LogP contribution in [0.3, 0.4) is 0 Å². The lowest BCUT2D eigenvalue weighted by atomic mass is 10.1. The lowest BCUT2D eigenvalue weighted by Gasteiger charge is -2.24. The first-order chi connectivity index (χ1) is 8.75. The molecule has 2 amide bonds. The second-order valence-corrected chi connectivity index (χ2v) is 4.15. The molecule has 1 fully saturated rings. The summed E-state index contributed by atoms with van der Waals surface area (Å²) in [5.74, 6) is 0. The molecule has 0 aliphatic carbocycles. The zero-order valence-electron chi connectivity index (χ0n) is 10.1.